The smallest absolute Gasteiger partial charge is 0.176 e. The van der Waals surface area contributed by atoms with Crippen LogP contribution in [0.2, 0.25) is 0 Å². The summed E-state index contributed by atoms with van der Waals surface area (Å²) in [5, 5.41) is 4.22. The number of benzene rings is 6. The fraction of sp³-hybridized carbons (Fsp3) is 0.148. The van der Waals surface area contributed by atoms with Crippen LogP contribution >= 0.6 is 0 Å². The first-order chi connectivity index (χ1) is 29.2. The lowest BCUT2D eigenvalue weighted by Crippen LogP contribution is -2.54. The van der Waals surface area contributed by atoms with Gasteiger partial charge in [-0.15, -0.1) is 0 Å². The first-order valence-electron chi connectivity index (χ1n) is 20.7. The molecule has 0 radical (unpaired) electrons. The zero-order valence-corrected chi connectivity index (χ0v) is 33.4. The van der Waals surface area contributed by atoms with Gasteiger partial charge >= 0.3 is 0 Å². The highest BCUT2D eigenvalue weighted by molar-refractivity contribution is 6.12. The summed E-state index contributed by atoms with van der Waals surface area (Å²) < 4.78 is 28.0. The molecule has 0 saturated heterocycles. The van der Waals surface area contributed by atoms with E-state index in [2.05, 4.69) is 143 Å². The lowest BCUT2D eigenvalue weighted by molar-refractivity contribution is 0.178. The zero-order chi connectivity index (χ0) is 39.9. The molecule has 0 saturated carbocycles. The normalized spacial score (nSPS) is 25.3. The molecule has 6 aromatic carbocycles. The van der Waals surface area contributed by atoms with Gasteiger partial charge in [-0.1, -0.05) is 103 Å². The van der Waals surface area contributed by atoms with Crippen LogP contribution in [0.4, 0.5) is 0 Å². The molecule has 9 aromatic rings. The fourth-order valence-electron chi connectivity index (χ4n) is 11.8. The summed E-state index contributed by atoms with van der Waals surface area (Å²) in [7, 11) is 0. The highest BCUT2D eigenvalue weighted by atomic mass is 16.5. The molecule has 5 aliphatic rings. The minimum absolute atomic E-state index is 0.634. The van der Waals surface area contributed by atoms with Crippen molar-refractivity contribution in [2.45, 2.75) is 49.5 Å². The monoisotopic (exact) mass is 776 g/mol. The molecule has 14 rings (SSSR count). The molecule has 6 heterocycles. The number of fused-ring (bicyclic) bond motifs is 11. The molecular weight excluding hydrogens is 741 g/mol. The number of nitrogens with zero attached hydrogens (tertiary/aromatic N) is 2. The van der Waals surface area contributed by atoms with Crippen molar-refractivity contribution in [3.05, 3.63) is 185 Å². The molecule has 6 heteroatoms. The molecular formula is C54H36N2O4. The Hall–Kier alpha value is -7.18. The largest absolute Gasteiger partial charge is 0.478 e. The van der Waals surface area contributed by atoms with E-state index in [-0.39, 0.29) is 0 Å². The van der Waals surface area contributed by atoms with Crippen molar-refractivity contribution in [3.63, 3.8) is 0 Å². The van der Waals surface area contributed by atoms with Gasteiger partial charge in [0.1, 0.15) is 45.2 Å². The minimum Gasteiger partial charge on any atom is -0.478 e. The van der Waals surface area contributed by atoms with E-state index in [0.717, 1.165) is 100 Å². The molecule has 3 aromatic heterocycles. The molecule has 0 amide bonds. The number of hydrogen-bond acceptors (Lipinski definition) is 6. The maximum atomic E-state index is 7.39. The van der Waals surface area contributed by atoms with E-state index in [0.29, 0.717) is 11.6 Å². The van der Waals surface area contributed by atoms with E-state index < -0.39 is 21.8 Å². The van der Waals surface area contributed by atoms with E-state index in [1.165, 1.54) is 11.1 Å². The van der Waals surface area contributed by atoms with Gasteiger partial charge in [-0.05, 0) is 92.4 Å². The van der Waals surface area contributed by atoms with Crippen LogP contribution in [0.3, 0.4) is 0 Å². The van der Waals surface area contributed by atoms with Crippen molar-refractivity contribution in [2.75, 3.05) is 0 Å². The molecule has 2 aliphatic carbocycles. The molecule has 6 nitrogen and oxygen atoms in total. The summed E-state index contributed by atoms with van der Waals surface area (Å²) in [6.45, 7) is 9.29. The Bertz CT molecular complexity index is 3570. The lowest BCUT2D eigenvalue weighted by Gasteiger charge is -2.54. The predicted molar refractivity (Wildman–Crippen MR) is 235 cm³/mol. The van der Waals surface area contributed by atoms with E-state index in [9.17, 15) is 0 Å². The predicted octanol–water partition coefficient (Wildman–Crippen LogP) is 12.9. The summed E-state index contributed by atoms with van der Waals surface area (Å²) >= 11 is 0. The SMILES string of the molecule is CC12Oc3ccccc3C1=CC1(C)C3=C2C(C)(c2ccc4c(c2)oc2ccccc24)C=C2Oc4c(-c5ccccc5)nc(nc4C23C)-c2cccc3oc4ccc1cc4c23. The first kappa shape index (κ1) is 32.7. The average Bonchev–Trinajstić information content (AvgIpc) is 4.00. The summed E-state index contributed by atoms with van der Waals surface area (Å²) in [6, 6.07) is 46.8. The molecule has 286 valence electrons. The summed E-state index contributed by atoms with van der Waals surface area (Å²) in [5.74, 6) is 3.01. The van der Waals surface area contributed by atoms with Crippen LogP contribution in [0.25, 0.3) is 72.1 Å². The van der Waals surface area contributed by atoms with Gasteiger partial charge in [-0.3, -0.25) is 0 Å². The van der Waals surface area contributed by atoms with Gasteiger partial charge in [0.15, 0.2) is 17.2 Å². The molecule has 4 bridgehead atoms. The van der Waals surface area contributed by atoms with E-state index in [1.54, 1.807) is 0 Å². The second-order valence-electron chi connectivity index (χ2n) is 17.8. The van der Waals surface area contributed by atoms with Crippen LogP contribution < -0.4 is 9.47 Å². The number of hydrogen-bond donors (Lipinski definition) is 0. The lowest BCUT2D eigenvalue weighted by atomic mass is 9.49. The van der Waals surface area contributed by atoms with Gasteiger partial charge in [0.25, 0.3) is 0 Å². The molecule has 0 N–H and O–H groups in total. The molecule has 0 fully saturated rings. The van der Waals surface area contributed by atoms with Crippen LogP contribution in [-0.4, -0.2) is 15.6 Å². The molecule has 0 spiro atoms. The third-order valence-corrected chi connectivity index (χ3v) is 14.5. The van der Waals surface area contributed by atoms with Gasteiger partial charge in [0.2, 0.25) is 0 Å². The maximum absolute atomic E-state index is 7.39. The number of ether oxygens (including phenoxy) is 2. The number of furan rings is 2. The Morgan fingerprint density at radius 3 is 2.13 bits per heavy atom. The zero-order valence-electron chi connectivity index (χ0n) is 33.4. The second kappa shape index (κ2) is 10.5. The fourth-order valence-corrected chi connectivity index (χ4v) is 11.8. The van der Waals surface area contributed by atoms with Crippen molar-refractivity contribution in [3.8, 4) is 34.1 Å². The van der Waals surface area contributed by atoms with Crippen LogP contribution in [0.15, 0.2) is 171 Å². The number of rotatable bonds is 2. The minimum atomic E-state index is -0.863. The van der Waals surface area contributed by atoms with E-state index >= 15 is 0 Å². The Morgan fingerprint density at radius 1 is 0.533 bits per heavy atom. The van der Waals surface area contributed by atoms with Crippen LogP contribution in [-0.2, 0) is 16.2 Å². The topological polar surface area (TPSA) is 70.5 Å². The number of aromatic nitrogens is 2. The van der Waals surface area contributed by atoms with Crippen molar-refractivity contribution >= 4 is 49.5 Å². The first-order valence-corrected chi connectivity index (χ1v) is 20.7. The van der Waals surface area contributed by atoms with Crippen LogP contribution in [0, 0.1) is 0 Å². The summed E-state index contributed by atoms with van der Waals surface area (Å²) in [4.78, 5) is 11.1. The third-order valence-electron chi connectivity index (χ3n) is 14.5. The molecule has 60 heavy (non-hydrogen) atoms. The quantitative estimate of drug-likeness (QED) is 0.163. The standard InChI is InChI=1S/C54H36N2O4/c1-51-27-37-34-16-9-11-19-40(34)60-54(37,4)48-47(51)53(3)43(28-52(48,2)31-21-23-33-32-15-8-10-18-38(32)58-42(33)26-31)59-46-45(29-13-6-5-7-14-29)55-50(56-49(46)53)35-17-12-20-41-44(35)36-25-30(51)22-24-39(36)57-41/h5-28H,1-4H3. The summed E-state index contributed by atoms with van der Waals surface area (Å²) in [5.41, 5.74) is 10.5. The maximum Gasteiger partial charge on any atom is 0.176 e. The number of para-hydroxylation sites is 2. The Morgan fingerprint density at radius 2 is 1.23 bits per heavy atom. The van der Waals surface area contributed by atoms with Crippen LogP contribution in [0.1, 0.15) is 50.1 Å². The third kappa shape index (κ3) is 3.73. The van der Waals surface area contributed by atoms with Gasteiger partial charge in [-0.2, -0.15) is 0 Å². The van der Waals surface area contributed by atoms with Gasteiger partial charge in [0, 0.05) is 54.6 Å². The van der Waals surface area contributed by atoms with Crippen molar-refractivity contribution < 1.29 is 18.3 Å². The number of allylic oxidation sites excluding steroid dienone is 3. The molecule has 4 unspecified atom stereocenters. The summed E-state index contributed by atoms with van der Waals surface area (Å²) in [6.07, 6.45) is 4.83. The highest BCUT2D eigenvalue weighted by Gasteiger charge is 2.65. The Labute approximate surface area is 345 Å². The second-order valence-corrected chi connectivity index (χ2v) is 17.8. The van der Waals surface area contributed by atoms with E-state index in [4.69, 9.17) is 28.3 Å². The molecule has 4 atom stereocenters. The van der Waals surface area contributed by atoms with Gasteiger partial charge < -0.3 is 18.3 Å². The van der Waals surface area contributed by atoms with Crippen molar-refractivity contribution in [1.29, 1.82) is 0 Å². The molecule has 3 aliphatic heterocycles. The Kier molecular flexibility index (Phi) is 5.74. The van der Waals surface area contributed by atoms with E-state index in [1.807, 2.05) is 30.3 Å². The van der Waals surface area contributed by atoms with Gasteiger partial charge in [0.05, 0.1) is 5.41 Å². The highest BCUT2D eigenvalue weighted by Crippen LogP contribution is 2.69. The Balaban J connectivity index is 1.18. The average molecular weight is 777 g/mol. The van der Waals surface area contributed by atoms with Gasteiger partial charge in [-0.25, -0.2) is 9.97 Å². The van der Waals surface area contributed by atoms with Crippen molar-refractivity contribution in [2.24, 2.45) is 0 Å². The van der Waals surface area contributed by atoms with Crippen LogP contribution in [0.5, 0.6) is 11.5 Å². The van der Waals surface area contributed by atoms with Crippen molar-refractivity contribution in [1.82, 2.24) is 9.97 Å².